The molecular formula is C14H13Br2NOS2. The summed E-state index contributed by atoms with van der Waals surface area (Å²) in [6.45, 7) is 2.96. The van der Waals surface area contributed by atoms with Crippen LogP contribution < -0.4 is 0 Å². The van der Waals surface area contributed by atoms with E-state index in [-0.39, 0.29) is 11.9 Å². The molecule has 6 heteroatoms. The molecule has 1 aliphatic heterocycles. The molecule has 0 aromatic carbocycles. The second kappa shape index (κ2) is 5.91. The highest BCUT2D eigenvalue weighted by Crippen LogP contribution is 2.38. The molecule has 3 heterocycles. The van der Waals surface area contributed by atoms with Crippen molar-refractivity contribution in [3.63, 3.8) is 0 Å². The standard InChI is InChI=1S/C14H13Br2NOS2/c1-2-10-8-4-6-19-11(8)3-5-17(10)14(18)9-7-12(15)20-13(9)16/h4,6-7,10H,2-3,5H2,1H3. The maximum absolute atomic E-state index is 12.8. The van der Waals surface area contributed by atoms with Crippen LogP contribution in [-0.2, 0) is 6.42 Å². The molecule has 2 nitrogen and oxygen atoms in total. The summed E-state index contributed by atoms with van der Waals surface area (Å²) in [5.41, 5.74) is 2.10. The number of rotatable bonds is 2. The van der Waals surface area contributed by atoms with E-state index in [9.17, 15) is 4.79 Å². The Kier molecular flexibility index (Phi) is 4.36. The molecule has 1 aliphatic rings. The average Bonchev–Trinajstić information content (AvgIpc) is 3.02. The van der Waals surface area contributed by atoms with Gasteiger partial charge in [-0.25, -0.2) is 0 Å². The van der Waals surface area contributed by atoms with E-state index >= 15 is 0 Å². The van der Waals surface area contributed by atoms with Gasteiger partial charge >= 0.3 is 0 Å². The topological polar surface area (TPSA) is 20.3 Å². The summed E-state index contributed by atoms with van der Waals surface area (Å²) in [4.78, 5) is 16.3. The van der Waals surface area contributed by atoms with Crippen LogP contribution in [0.1, 0.15) is 40.2 Å². The van der Waals surface area contributed by atoms with E-state index in [1.807, 2.05) is 22.3 Å². The zero-order valence-corrected chi connectivity index (χ0v) is 15.7. The van der Waals surface area contributed by atoms with E-state index in [0.29, 0.717) is 0 Å². The van der Waals surface area contributed by atoms with Gasteiger partial charge in [0.25, 0.3) is 5.91 Å². The molecule has 0 N–H and O–H groups in total. The van der Waals surface area contributed by atoms with Gasteiger partial charge < -0.3 is 4.90 Å². The molecule has 20 heavy (non-hydrogen) atoms. The van der Waals surface area contributed by atoms with Crippen molar-refractivity contribution in [1.82, 2.24) is 4.90 Å². The van der Waals surface area contributed by atoms with Gasteiger partial charge in [0.1, 0.15) is 0 Å². The minimum absolute atomic E-state index is 0.127. The predicted molar refractivity (Wildman–Crippen MR) is 91.8 cm³/mol. The van der Waals surface area contributed by atoms with E-state index in [1.165, 1.54) is 10.4 Å². The number of thiophene rings is 2. The third-order valence-corrected chi connectivity index (χ3v) is 6.97. The van der Waals surface area contributed by atoms with Crippen molar-refractivity contribution in [3.8, 4) is 0 Å². The summed E-state index contributed by atoms with van der Waals surface area (Å²) >= 11 is 10.3. The maximum Gasteiger partial charge on any atom is 0.256 e. The van der Waals surface area contributed by atoms with Crippen molar-refractivity contribution in [2.75, 3.05) is 6.54 Å². The Morgan fingerprint density at radius 3 is 2.95 bits per heavy atom. The third-order valence-electron chi connectivity index (χ3n) is 3.63. The molecule has 0 saturated heterocycles. The summed E-state index contributed by atoms with van der Waals surface area (Å²) in [5, 5.41) is 2.14. The van der Waals surface area contributed by atoms with Gasteiger partial charge in [-0.2, -0.15) is 0 Å². The number of hydrogen-bond acceptors (Lipinski definition) is 3. The predicted octanol–water partition coefficient (Wildman–Crippen LogP) is 5.48. The van der Waals surface area contributed by atoms with Gasteiger partial charge in [0.15, 0.2) is 0 Å². The summed E-state index contributed by atoms with van der Waals surface area (Å²) in [7, 11) is 0. The molecule has 106 valence electrons. The molecule has 2 aromatic heterocycles. The Balaban J connectivity index is 1.94. The first-order valence-corrected chi connectivity index (χ1v) is 9.72. The monoisotopic (exact) mass is 433 g/mol. The van der Waals surface area contributed by atoms with Crippen LogP contribution in [0.2, 0.25) is 0 Å². The lowest BCUT2D eigenvalue weighted by atomic mass is 9.97. The largest absolute Gasteiger partial charge is 0.331 e. The minimum atomic E-state index is 0.127. The van der Waals surface area contributed by atoms with Gasteiger partial charge in [0.05, 0.1) is 19.2 Å². The normalized spacial score (nSPS) is 18.1. The third kappa shape index (κ3) is 2.51. The summed E-state index contributed by atoms with van der Waals surface area (Å²) in [5.74, 6) is 0.127. The fraction of sp³-hybridized carbons (Fsp3) is 0.357. The van der Waals surface area contributed by atoms with Gasteiger partial charge in [-0.1, -0.05) is 6.92 Å². The molecule has 1 atom stereocenters. The van der Waals surface area contributed by atoms with E-state index in [0.717, 1.165) is 32.5 Å². The van der Waals surface area contributed by atoms with Crippen molar-refractivity contribution in [2.45, 2.75) is 25.8 Å². The van der Waals surface area contributed by atoms with Crippen molar-refractivity contribution in [1.29, 1.82) is 0 Å². The Bertz CT molecular complexity index is 649. The second-order valence-electron chi connectivity index (χ2n) is 4.71. The second-order valence-corrected chi connectivity index (χ2v) is 9.46. The first-order valence-electron chi connectivity index (χ1n) is 6.44. The Hall–Kier alpha value is -0.170. The van der Waals surface area contributed by atoms with Crippen molar-refractivity contribution in [2.24, 2.45) is 0 Å². The summed E-state index contributed by atoms with van der Waals surface area (Å²) in [6, 6.07) is 4.29. The minimum Gasteiger partial charge on any atom is -0.331 e. The Labute approximate surface area is 143 Å². The number of nitrogens with zero attached hydrogens (tertiary/aromatic N) is 1. The molecule has 0 bridgehead atoms. The zero-order valence-electron chi connectivity index (χ0n) is 10.9. The van der Waals surface area contributed by atoms with Crippen LogP contribution >= 0.6 is 54.5 Å². The van der Waals surface area contributed by atoms with Crippen LogP contribution in [0.25, 0.3) is 0 Å². The number of halogens is 2. The maximum atomic E-state index is 12.8. The molecule has 0 saturated carbocycles. The Morgan fingerprint density at radius 2 is 2.30 bits per heavy atom. The van der Waals surface area contributed by atoms with Crippen LogP contribution in [0, 0.1) is 0 Å². The molecule has 0 fully saturated rings. The molecular weight excluding hydrogens is 422 g/mol. The van der Waals surface area contributed by atoms with Crippen LogP contribution in [0.4, 0.5) is 0 Å². The van der Waals surface area contributed by atoms with Crippen LogP contribution in [0.15, 0.2) is 25.1 Å². The first kappa shape index (κ1) is 14.8. The fourth-order valence-electron chi connectivity index (χ4n) is 2.72. The van der Waals surface area contributed by atoms with Crippen molar-refractivity contribution < 1.29 is 4.79 Å². The molecule has 0 spiro atoms. The van der Waals surface area contributed by atoms with Crippen LogP contribution in [-0.4, -0.2) is 17.4 Å². The fourth-order valence-corrected chi connectivity index (χ4v) is 6.43. The molecule has 0 aliphatic carbocycles. The lowest BCUT2D eigenvalue weighted by Crippen LogP contribution is -2.39. The Morgan fingerprint density at radius 1 is 1.50 bits per heavy atom. The molecule has 1 amide bonds. The number of hydrogen-bond donors (Lipinski definition) is 0. The summed E-state index contributed by atoms with van der Waals surface area (Å²) in [6.07, 6.45) is 1.93. The lowest BCUT2D eigenvalue weighted by Gasteiger charge is -2.35. The van der Waals surface area contributed by atoms with Gasteiger partial charge in [0, 0.05) is 11.4 Å². The van der Waals surface area contributed by atoms with Gasteiger partial charge in [-0.3, -0.25) is 4.79 Å². The number of carbonyl (C=O) groups excluding carboxylic acids is 1. The quantitative estimate of drug-likeness (QED) is 0.612. The summed E-state index contributed by atoms with van der Waals surface area (Å²) < 4.78 is 1.88. The van der Waals surface area contributed by atoms with Crippen molar-refractivity contribution in [3.05, 3.63) is 41.1 Å². The van der Waals surface area contributed by atoms with Gasteiger partial charge in [0.2, 0.25) is 0 Å². The van der Waals surface area contributed by atoms with E-state index in [2.05, 4.69) is 50.2 Å². The van der Waals surface area contributed by atoms with E-state index in [4.69, 9.17) is 0 Å². The first-order chi connectivity index (χ1) is 9.61. The van der Waals surface area contributed by atoms with E-state index in [1.54, 1.807) is 11.3 Å². The number of amides is 1. The van der Waals surface area contributed by atoms with Gasteiger partial charge in [-0.15, -0.1) is 22.7 Å². The average molecular weight is 435 g/mol. The smallest absolute Gasteiger partial charge is 0.256 e. The molecule has 3 rings (SSSR count). The van der Waals surface area contributed by atoms with Crippen molar-refractivity contribution >= 4 is 60.4 Å². The highest BCUT2D eigenvalue weighted by atomic mass is 79.9. The number of carbonyl (C=O) groups is 1. The van der Waals surface area contributed by atoms with Crippen LogP contribution in [0.5, 0.6) is 0 Å². The highest BCUT2D eigenvalue weighted by Gasteiger charge is 2.32. The van der Waals surface area contributed by atoms with E-state index < -0.39 is 0 Å². The number of fused-ring (bicyclic) bond motifs is 1. The molecule has 2 aromatic rings. The SMILES string of the molecule is CCC1c2ccsc2CCN1C(=O)c1cc(Br)sc1Br. The molecule has 1 unspecified atom stereocenters. The highest BCUT2D eigenvalue weighted by molar-refractivity contribution is 9.12. The molecule has 0 radical (unpaired) electrons. The van der Waals surface area contributed by atoms with Crippen LogP contribution in [0.3, 0.4) is 0 Å². The lowest BCUT2D eigenvalue weighted by molar-refractivity contribution is 0.0657. The van der Waals surface area contributed by atoms with Gasteiger partial charge in [-0.05, 0) is 67.8 Å². The zero-order chi connectivity index (χ0) is 14.3.